The molecule has 1 saturated heterocycles. The first kappa shape index (κ1) is 16.7. The lowest BCUT2D eigenvalue weighted by molar-refractivity contribution is -0.122. The number of nitrogens with one attached hydrogen (secondary N) is 1. The van der Waals surface area contributed by atoms with E-state index in [0.29, 0.717) is 22.0 Å². The molecule has 0 atom stereocenters. The van der Waals surface area contributed by atoms with Gasteiger partial charge in [0, 0.05) is 5.02 Å². The first-order valence-corrected chi connectivity index (χ1v) is 7.68. The van der Waals surface area contributed by atoms with Crippen LogP contribution in [0.3, 0.4) is 0 Å². The Morgan fingerprint density at radius 3 is 2.24 bits per heavy atom. The van der Waals surface area contributed by atoms with Gasteiger partial charge in [0.05, 0.1) is 12.8 Å². The number of carbonyl (C=O) groups is 3. The molecule has 0 bridgehead atoms. The molecule has 4 amide bonds. The van der Waals surface area contributed by atoms with Crippen molar-refractivity contribution in [3.63, 3.8) is 0 Å². The molecule has 126 valence electrons. The molecule has 0 aromatic heterocycles. The van der Waals surface area contributed by atoms with Crippen LogP contribution in [-0.2, 0) is 9.59 Å². The molecule has 0 radical (unpaired) electrons. The van der Waals surface area contributed by atoms with Crippen LogP contribution in [0.15, 0.2) is 54.1 Å². The number of imide groups is 2. The lowest BCUT2D eigenvalue weighted by Crippen LogP contribution is -2.54. The number of amides is 4. The first-order valence-electron chi connectivity index (χ1n) is 7.30. The van der Waals surface area contributed by atoms with E-state index in [2.05, 4.69) is 5.32 Å². The molecule has 6 nitrogen and oxygen atoms in total. The highest BCUT2D eigenvalue weighted by Gasteiger charge is 2.36. The van der Waals surface area contributed by atoms with E-state index in [0.717, 1.165) is 4.90 Å². The molecular formula is C18H13ClN2O4. The van der Waals surface area contributed by atoms with Crippen molar-refractivity contribution in [3.05, 3.63) is 64.7 Å². The van der Waals surface area contributed by atoms with E-state index >= 15 is 0 Å². The van der Waals surface area contributed by atoms with Crippen LogP contribution in [0, 0.1) is 0 Å². The largest absolute Gasteiger partial charge is 0.497 e. The fraction of sp³-hybridized carbons (Fsp3) is 0.0556. The third-order valence-electron chi connectivity index (χ3n) is 3.61. The van der Waals surface area contributed by atoms with E-state index in [1.807, 2.05) is 0 Å². The highest BCUT2D eigenvalue weighted by Crippen LogP contribution is 2.24. The van der Waals surface area contributed by atoms with E-state index in [1.54, 1.807) is 48.5 Å². The van der Waals surface area contributed by atoms with Gasteiger partial charge in [-0.1, -0.05) is 23.7 Å². The predicted molar refractivity (Wildman–Crippen MR) is 93.4 cm³/mol. The standard InChI is InChI=1S/C18H13ClN2O4/c1-25-14-8-6-13(7-9-14)21-17(23)15(16(22)20-18(21)24)10-11-2-4-12(19)5-3-11/h2-10H,1H3,(H,20,22,24)/b15-10+. The Morgan fingerprint density at radius 2 is 1.64 bits per heavy atom. The molecule has 7 heteroatoms. The van der Waals surface area contributed by atoms with Gasteiger partial charge >= 0.3 is 6.03 Å². The van der Waals surface area contributed by atoms with Gasteiger partial charge in [-0.3, -0.25) is 14.9 Å². The van der Waals surface area contributed by atoms with Crippen LogP contribution >= 0.6 is 11.6 Å². The van der Waals surface area contributed by atoms with Gasteiger partial charge in [0.2, 0.25) is 0 Å². The number of hydrogen-bond acceptors (Lipinski definition) is 4. The normalized spacial score (nSPS) is 16.2. The number of methoxy groups -OCH3 is 1. The highest BCUT2D eigenvalue weighted by molar-refractivity contribution is 6.39. The van der Waals surface area contributed by atoms with E-state index < -0.39 is 17.8 Å². The number of hydrogen-bond donors (Lipinski definition) is 1. The van der Waals surface area contributed by atoms with Crippen molar-refractivity contribution in [2.45, 2.75) is 0 Å². The quantitative estimate of drug-likeness (QED) is 0.677. The summed E-state index contributed by atoms with van der Waals surface area (Å²) < 4.78 is 5.06. The summed E-state index contributed by atoms with van der Waals surface area (Å²) >= 11 is 5.83. The van der Waals surface area contributed by atoms with Crippen molar-refractivity contribution in [2.24, 2.45) is 0 Å². The summed E-state index contributed by atoms with van der Waals surface area (Å²) in [5.41, 5.74) is 0.808. The maximum absolute atomic E-state index is 12.7. The van der Waals surface area contributed by atoms with Gasteiger partial charge in [-0.15, -0.1) is 0 Å². The van der Waals surface area contributed by atoms with E-state index in [9.17, 15) is 14.4 Å². The molecular weight excluding hydrogens is 344 g/mol. The SMILES string of the molecule is COc1ccc(N2C(=O)NC(=O)/C(=C\c3ccc(Cl)cc3)C2=O)cc1. The van der Waals surface area contributed by atoms with Crippen molar-refractivity contribution < 1.29 is 19.1 Å². The molecule has 0 spiro atoms. The summed E-state index contributed by atoms with van der Waals surface area (Å²) in [6.45, 7) is 0. The number of halogens is 1. The van der Waals surface area contributed by atoms with Gasteiger partial charge in [0.25, 0.3) is 11.8 Å². The van der Waals surface area contributed by atoms with Crippen molar-refractivity contribution in [3.8, 4) is 5.75 Å². The van der Waals surface area contributed by atoms with Gasteiger partial charge in [-0.25, -0.2) is 9.69 Å². The van der Waals surface area contributed by atoms with Crippen LogP contribution in [0.1, 0.15) is 5.56 Å². The van der Waals surface area contributed by atoms with Crippen molar-refractivity contribution in [2.75, 3.05) is 12.0 Å². The van der Waals surface area contributed by atoms with E-state index in [-0.39, 0.29) is 5.57 Å². The highest BCUT2D eigenvalue weighted by atomic mass is 35.5. The van der Waals surface area contributed by atoms with Crippen LogP contribution in [0.25, 0.3) is 6.08 Å². The summed E-state index contributed by atoms with van der Waals surface area (Å²) in [7, 11) is 1.51. The predicted octanol–water partition coefficient (Wildman–Crippen LogP) is 3.02. The number of benzene rings is 2. The number of carbonyl (C=O) groups excluding carboxylic acids is 3. The number of urea groups is 1. The average molecular weight is 357 g/mol. The third-order valence-corrected chi connectivity index (χ3v) is 3.87. The zero-order chi connectivity index (χ0) is 18.0. The summed E-state index contributed by atoms with van der Waals surface area (Å²) in [6, 6.07) is 12.2. The van der Waals surface area contributed by atoms with Crippen LogP contribution in [0.5, 0.6) is 5.75 Å². The maximum atomic E-state index is 12.7. The molecule has 2 aromatic rings. The Balaban J connectivity index is 1.97. The Hall–Kier alpha value is -3.12. The maximum Gasteiger partial charge on any atom is 0.335 e. The Bertz CT molecular complexity index is 873. The number of ether oxygens (including phenoxy) is 1. The zero-order valence-corrected chi connectivity index (χ0v) is 13.9. The second-order valence-corrected chi connectivity index (χ2v) is 5.64. The molecule has 0 unspecified atom stereocenters. The molecule has 0 aliphatic carbocycles. The first-order chi connectivity index (χ1) is 12.0. The van der Waals surface area contributed by atoms with Gasteiger partial charge < -0.3 is 4.74 Å². The van der Waals surface area contributed by atoms with Gasteiger partial charge in [-0.2, -0.15) is 0 Å². The minimum atomic E-state index is -0.798. The molecule has 0 saturated carbocycles. The number of anilines is 1. The molecule has 3 rings (SSSR count). The molecule has 1 aliphatic heterocycles. The molecule has 1 heterocycles. The molecule has 1 N–H and O–H groups in total. The minimum absolute atomic E-state index is 0.141. The summed E-state index contributed by atoms with van der Waals surface area (Å²) in [5.74, 6) is -0.856. The van der Waals surface area contributed by atoms with E-state index in [4.69, 9.17) is 16.3 Å². The molecule has 1 aliphatic rings. The van der Waals surface area contributed by atoms with Crippen LogP contribution in [0.2, 0.25) is 5.02 Å². The molecule has 1 fully saturated rings. The Morgan fingerprint density at radius 1 is 1.00 bits per heavy atom. The lowest BCUT2D eigenvalue weighted by Gasteiger charge is -2.26. The zero-order valence-electron chi connectivity index (χ0n) is 13.2. The minimum Gasteiger partial charge on any atom is -0.497 e. The monoisotopic (exact) mass is 356 g/mol. The van der Waals surface area contributed by atoms with Gasteiger partial charge in [-0.05, 0) is 48.0 Å². The van der Waals surface area contributed by atoms with Crippen molar-refractivity contribution >= 4 is 41.2 Å². The van der Waals surface area contributed by atoms with Crippen LogP contribution < -0.4 is 15.0 Å². The van der Waals surface area contributed by atoms with Gasteiger partial charge in [0.1, 0.15) is 11.3 Å². The lowest BCUT2D eigenvalue weighted by atomic mass is 10.1. The fourth-order valence-corrected chi connectivity index (χ4v) is 2.47. The second-order valence-electron chi connectivity index (χ2n) is 5.21. The summed E-state index contributed by atoms with van der Waals surface area (Å²) in [5, 5.41) is 2.71. The second kappa shape index (κ2) is 6.78. The van der Waals surface area contributed by atoms with Crippen LogP contribution in [-0.4, -0.2) is 25.0 Å². The Kier molecular flexibility index (Phi) is 4.54. The molecule has 25 heavy (non-hydrogen) atoms. The number of barbiturate groups is 1. The van der Waals surface area contributed by atoms with Gasteiger partial charge in [0.15, 0.2) is 0 Å². The number of nitrogens with zero attached hydrogens (tertiary/aromatic N) is 1. The molecule has 2 aromatic carbocycles. The third kappa shape index (κ3) is 3.39. The Labute approximate surface area is 148 Å². The average Bonchev–Trinajstić information content (AvgIpc) is 2.60. The number of rotatable bonds is 3. The smallest absolute Gasteiger partial charge is 0.335 e. The van der Waals surface area contributed by atoms with E-state index in [1.165, 1.54) is 13.2 Å². The topological polar surface area (TPSA) is 75.7 Å². The summed E-state index contributed by atoms with van der Waals surface area (Å²) in [4.78, 5) is 37.8. The van der Waals surface area contributed by atoms with Crippen LogP contribution in [0.4, 0.5) is 10.5 Å². The van der Waals surface area contributed by atoms with Crippen molar-refractivity contribution in [1.29, 1.82) is 0 Å². The summed E-state index contributed by atoms with van der Waals surface area (Å²) in [6.07, 6.45) is 1.41. The fourth-order valence-electron chi connectivity index (χ4n) is 2.35. The van der Waals surface area contributed by atoms with Crippen molar-refractivity contribution in [1.82, 2.24) is 5.32 Å².